The van der Waals surface area contributed by atoms with Crippen LogP contribution in [-0.2, 0) is 19.6 Å². The predicted octanol–water partition coefficient (Wildman–Crippen LogP) is 4.34. The van der Waals surface area contributed by atoms with Gasteiger partial charge in [-0.25, -0.2) is 17.6 Å². The lowest BCUT2D eigenvalue weighted by Gasteiger charge is -2.13. The average molecular weight is 568 g/mol. The predicted molar refractivity (Wildman–Crippen MR) is 126 cm³/mol. The van der Waals surface area contributed by atoms with Crippen LogP contribution in [0.3, 0.4) is 0 Å². The lowest BCUT2D eigenvalue weighted by molar-refractivity contribution is -0.119. The molecule has 0 bridgehead atoms. The highest BCUT2D eigenvalue weighted by molar-refractivity contribution is 14.1. The summed E-state index contributed by atoms with van der Waals surface area (Å²) < 4.78 is 47.1. The number of esters is 1. The summed E-state index contributed by atoms with van der Waals surface area (Å²) in [5, 5.41) is 2.64. The van der Waals surface area contributed by atoms with Gasteiger partial charge in [0.25, 0.3) is 15.9 Å². The minimum atomic E-state index is -4.09. The van der Waals surface area contributed by atoms with Crippen LogP contribution in [0.15, 0.2) is 71.6 Å². The molecule has 32 heavy (non-hydrogen) atoms. The summed E-state index contributed by atoms with van der Waals surface area (Å²) in [6, 6.07) is 16.3. The quantitative estimate of drug-likeness (QED) is 0.327. The van der Waals surface area contributed by atoms with Crippen LogP contribution in [0.25, 0.3) is 0 Å². The summed E-state index contributed by atoms with van der Waals surface area (Å²) in [4.78, 5) is 24.5. The lowest BCUT2D eigenvalue weighted by atomic mass is 10.2. The minimum absolute atomic E-state index is 0.0301. The van der Waals surface area contributed by atoms with Gasteiger partial charge in [0.2, 0.25) is 0 Å². The number of nitrogens with one attached hydrogen (secondary N) is 2. The SMILES string of the molecule is Cc1cc(S(=O)(=O)Nc2ccccc2C(=O)OCC(=O)Nc2ccccc2I)ccc1F. The Morgan fingerprint density at radius 1 is 1.00 bits per heavy atom. The van der Waals surface area contributed by atoms with Crippen LogP contribution in [0, 0.1) is 16.3 Å². The summed E-state index contributed by atoms with van der Waals surface area (Å²) >= 11 is 2.06. The van der Waals surface area contributed by atoms with E-state index in [1.54, 1.807) is 12.1 Å². The van der Waals surface area contributed by atoms with Gasteiger partial charge < -0.3 is 10.1 Å². The number of benzene rings is 3. The fraction of sp³-hybridized carbons (Fsp3) is 0.0909. The molecule has 0 aliphatic rings. The highest BCUT2D eigenvalue weighted by atomic mass is 127. The molecule has 0 aliphatic carbocycles. The van der Waals surface area contributed by atoms with Crippen molar-refractivity contribution in [3.63, 3.8) is 0 Å². The van der Waals surface area contributed by atoms with E-state index in [1.807, 2.05) is 12.1 Å². The Morgan fingerprint density at radius 3 is 2.34 bits per heavy atom. The van der Waals surface area contributed by atoms with Crippen LogP contribution in [0.4, 0.5) is 15.8 Å². The third-order valence-electron chi connectivity index (χ3n) is 4.31. The summed E-state index contributed by atoms with van der Waals surface area (Å²) in [6.07, 6.45) is 0. The van der Waals surface area contributed by atoms with Gasteiger partial charge in [0.1, 0.15) is 5.82 Å². The molecule has 0 heterocycles. The molecule has 0 atom stereocenters. The Labute approximate surface area is 198 Å². The summed E-state index contributed by atoms with van der Waals surface area (Å²) in [7, 11) is -4.09. The molecular formula is C22H18FIN2O5S. The number of sulfonamides is 1. The molecule has 0 aromatic heterocycles. The molecule has 2 N–H and O–H groups in total. The van der Waals surface area contributed by atoms with E-state index >= 15 is 0 Å². The van der Waals surface area contributed by atoms with Crippen LogP contribution < -0.4 is 10.0 Å². The molecule has 3 aromatic carbocycles. The molecule has 0 fully saturated rings. The smallest absolute Gasteiger partial charge is 0.340 e. The molecule has 0 saturated carbocycles. The van der Waals surface area contributed by atoms with Gasteiger partial charge in [-0.3, -0.25) is 9.52 Å². The maximum atomic E-state index is 13.5. The summed E-state index contributed by atoms with van der Waals surface area (Å²) in [5.41, 5.74) is 0.644. The van der Waals surface area contributed by atoms with Crippen molar-refractivity contribution < 1.29 is 27.1 Å². The number of halogens is 2. The second kappa shape index (κ2) is 10.1. The highest BCUT2D eigenvalue weighted by Gasteiger charge is 2.21. The van der Waals surface area contributed by atoms with E-state index in [1.165, 1.54) is 37.3 Å². The molecule has 0 unspecified atom stereocenters. The van der Waals surface area contributed by atoms with Gasteiger partial charge in [-0.2, -0.15) is 0 Å². The van der Waals surface area contributed by atoms with E-state index in [2.05, 4.69) is 32.6 Å². The molecule has 10 heteroatoms. The van der Waals surface area contributed by atoms with Crippen molar-refractivity contribution in [2.75, 3.05) is 16.6 Å². The van der Waals surface area contributed by atoms with Crippen LogP contribution in [0.2, 0.25) is 0 Å². The number of carbonyl (C=O) groups is 2. The van der Waals surface area contributed by atoms with E-state index in [4.69, 9.17) is 4.74 Å². The first-order valence-corrected chi connectivity index (χ1v) is 11.8. The van der Waals surface area contributed by atoms with Crippen LogP contribution in [0.1, 0.15) is 15.9 Å². The number of rotatable bonds is 7. The van der Waals surface area contributed by atoms with Crippen molar-refractivity contribution in [1.82, 2.24) is 0 Å². The molecule has 3 aromatic rings. The van der Waals surface area contributed by atoms with Crippen molar-refractivity contribution >= 4 is 55.9 Å². The van der Waals surface area contributed by atoms with Gasteiger partial charge in [0, 0.05) is 3.57 Å². The number of amides is 1. The number of anilines is 2. The zero-order valence-electron chi connectivity index (χ0n) is 16.8. The van der Waals surface area contributed by atoms with Gasteiger partial charge in [-0.1, -0.05) is 24.3 Å². The molecular weight excluding hydrogens is 550 g/mol. The van der Waals surface area contributed by atoms with Crippen molar-refractivity contribution in [2.45, 2.75) is 11.8 Å². The Balaban J connectivity index is 1.71. The molecule has 7 nitrogen and oxygen atoms in total. The summed E-state index contributed by atoms with van der Waals surface area (Å²) in [5.74, 6) is -1.95. The number of ether oxygens (including phenoxy) is 1. The number of hydrogen-bond donors (Lipinski definition) is 2. The number of carbonyl (C=O) groups excluding carboxylic acids is 2. The molecule has 3 rings (SSSR count). The van der Waals surface area contributed by atoms with Crippen LogP contribution in [0.5, 0.6) is 0 Å². The Morgan fingerprint density at radius 2 is 1.66 bits per heavy atom. The van der Waals surface area contributed by atoms with Crippen LogP contribution in [-0.4, -0.2) is 26.9 Å². The Hall–Kier alpha value is -2.99. The fourth-order valence-electron chi connectivity index (χ4n) is 2.70. The Kier molecular flexibility index (Phi) is 7.46. The van der Waals surface area contributed by atoms with Gasteiger partial charge in [-0.15, -0.1) is 0 Å². The maximum Gasteiger partial charge on any atom is 0.340 e. The zero-order valence-corrected chi connectivity index (χ0v) is 19.7. The van der Waals surface area contributed by atoms with Gasteiger partial charge >= 0.3 is 5.97 Å². The monoisotopic (exact) mass is 568 g/mol. The topological polar surface area (TPSA) is 102 Å². The van der Waals surface area contributed by atoms with E-state index in [0.717, 1.165) is 15.7 Å². The first-order chi connectivity index (χ1) is 15.2. The second-order valence-electron chi connectivity index (χ2n) is 6.67. The number of aryl methyl sites for hydroxylation is 1. The van der Waals surface area contributed by atoms with E-state index in [9.17, 15) is 22.4 Å². The van der Waals surface area contributed by atoms with Crippen molar-refractivity contribution in [3.05, 3.63) is 87.2 Å². The summed E-state index contributed by atoms with van der Waals surface area (Å²) in [6.45, 7) is 0.892. The molecule has 0 aliphatic heterocycles. The van der Waals surface area contributed by atoms with Crippen LogP contribution >= 0.6 is 22.6 Å². The largest absolute Gasteiger partial charge is 0.452 e. The van der Waals surface area contributed by atoms with Crippen molar-refractivity contribution in [1.29, 1.82) is 0 Å². The molecule has 166 valence electrons. The molecule has 1 amide bonds. The Bertz CT molecular complexity index is 1280. The third-order valence-corrected chi connectivity index (χ3v) is 6.62. The standard InChI is InChI=1S/C22H18FIN2O5S/c1-14-12-15(10-11-17(14)23)32(29,30)26-19-8-4-2-6-16(19)22(28)31-13-21(27)25-20-9-5-3-7-18(20)24/h2-12,26H,13H2,1H3,(H,25,27). The fourth-order valence-corrected chi connectivity index (χ4v) is 4.38. The molecule has 0 radical (unpaired) electrons. The maximum absolute atomic E-state index is 13.5. The minimum Gasteiger partial charge on any atom is -0.452 e. The second-order valence-corrected chi connectivity index (χ2v) is 9.51. The van der Waals surface area contributed by atoms with Crippen molar-refractivity contribution in [3.8, 4) is 0 Å². The lowest BCUT2D eigenvalue weighted by Crippen LogP contribution is -2.22. The molecule has 0 saturated heterocycles. The van der Waals surface area contributed by atoms with E-state index in [0.29, 0.717) is 5.69 Å². The van der Waals surface area contributed by atoms with E-state index in [-0.39, 0.29) is 21.7 Å². The third kappa shape index (κ3) is 5.82. The first kappa shape index (κ1) is 23.7. The highest BCUT2D eigenvalue weighted by Crippen LogP contribution is 2.22. The molecule has 0 spiro atoms. The zero-order chi connectivity index (χ0) is 23.3. The van der Waals surface area contributed by atoms with Gasteiger partial charge in [0.15, 0.2) is 6.61 Å². The first-order valence-electron chi connectivity index (χ1n) is 9.27. The average Bonchev–Trinajstić information content (AvgIpc) is 2.75. The van der Waals surface area contributed by atoms with Gasteiger partial charge in [0.05, 0.1) is 21.8 Å². The van der Waals surface area contributed by atoms with Gasteiger partial charge in [-0.05, 0) is 77.5 Å². The number of hydrogen-bond acceptors (Lipinski definition) is 5. The normalized spacial score (nSPS) is 11.0. The van der Waals surface area contributed by atoms with E-state index < -0.39 is 34.3 Å². The number of para-hydroxylation sites is 2. The van der Waals surface area contributed by atoms with Crippen molar-refractivity contribution in [2.24, 2.45) is 0 Å².